The number of fused-ring (bicyclic) bond motifs is 1. The van der Waals surface area contributed by atoms with Gasteiger partial charge < -0.3 is 13.9 Å². The summed E-state index contributed by atoms with van der Waals surface area (Å²) in [7, 11) is -1.94. The average Bonchev–Trinajstić information content (AvgIpc) is 2.90. The molecular weight excluding hydrogens is 366 g/mol. The van der Waals surface area contributed by atoms with E-state index in [4.69, 9.17) is 13.9 Å². The highest BCUT2D eigenvalue weighted by atomic mass is 28.4. The lowest BCUT2D eigenvalue weighted by molar-refractivity contribution is -0.152. The maximum absolute atomic E-state index is 6.87. The van der Waals surface area contributed by atoms with E-state index in [1.54, 1.807) is 0 Å². The molecule has 0 radical (unpaired) electrons. The van der Waals surface area contributed by atoms with Gasteiger partial charge in [-0.25, -0.2) is 0 Å². The average molecular weight is 404 g/mol. The lowest BCUT2D eigenvalue weighted by Crippen LogP contribution is -2.60. The van der Waals surface area contributed by atoms with E-state index in [-0.39, 0.29) is 29.4 Å². The molecule has 2 aliphatic rings. The molecule has 1 aromatic carbocycles. The second-order valence-electron chi connectivity index (χ2n) is 10.1. The molecule has 1 aromatic rings. The number of hydrogen-bond donors (Lipinski definition) is 0. The molecule has 2 aliphatic heterocycles. The van der Waals surface area contributed by atoms with Crippen molar-refractivity contribution in [2.24, 2.45) is 0 Å². The highest BCUT2D eigenvalue weighted by Gasteiger charge is 2.55. The first-order valence-electron chi connectivity index (χ1n) is 10.4. The highest BCUT2D eigenvalue weighted by Crippen LogP contribution is 2.46. The minimum atomic E-state index is -1.94. The van der Waals surface area contributed by atoms with E-state index < -0.39 is 14.1 Å². The van der Waals surface area contributed by atoms with E-state index >= 15 is 0 Å². The summed E-state index contributed by atoms with van der Waals surface area (Å²) in [5.41, 5.74) is 1.26. The van der Waals surface area contributed by atoms with Gasteiger partial charge in [-0.05, 0) is 37.5 Å². The van der Waals surface area contributed by atoms with Crippen LogP contribution < -0.4 is 0 Å². The Balaban J connectivity index is 1.96. The monoisotopic (exact) mass is 403 g/mol. The predicted octanol–water partition coefficient (Wildman–Crippen LogP) is 5.14. The Kier molecular flexibility index (Phi) is 5.96. The number of piperidine rings is 1. The molecule has 2 fully saturated rings. The Bertz CT molecular complexity index is 683. The van der Waals surface area contributed by atoms with Gasteiger partial charge in [0.15, 0.2) is 14.1 Å². The Hall–Kier alpha value is -0.983. The topological polar surface area (TPSA) is 30.9 Å². The standard InChI is InChI=1S/C23H37NO3Si/c1-9-15-24-16-18(27-28(7,8)22(2,3)4)20-21(26-23(5,6)25-20)19(24)17-13-11-10-12-14-17/h9-14,18-21H,1,15-16H2,2-8H3/t18-,19+,20-,21+/m1/s1. The molecular formula is C23H37NO3Si. The fourth-order valence-corrected chi connectivity index (χ4v) is 5.39. The van der Waals surface area contributed by atoms with Crippen LogP contribution in [-0.4, -0.2) is 50.4 Å². The van der Waals surface area contributed by atoms with Gasteiger partial charge >= 0.3 is 0 Å². The summed E-state index contributed by atoms with van der Waals surface area (Å²) in [6, 6.07) is 10.7. The van der Waals surface area contributed by atoms with Crippen LogP contribution in [0.4, 0.5) is 0 Å². The van der Waals surface area contributed by atoms with Gasteiger partial charge in [-0.1, -0.05) is 57.2 Å². The third-order valence-corrected chi connectivity index (χ3v) is 10.9. The summed E-state index contributed by atoms with van der Waals surface area (Å²) >= 11 is 0. The van der Waals surface area contributed by atoms with E-state index in [0.29, 0.717) is 0 Å². The zero-order valence-electron chi connectivity index (χ0n) is 18.6. The van der Waals surface area contributed by atoms with Crippen LogP contribution in [0, 0.1) is 0 Å². The minimum Gasteiger partial charge on any atom is -0.410 e. The van der Waals surface area contributed by atoms with Gasteiger partial charge in [0.25, 0.3) is 0 Å². The van der Waals surface area contributed by atoms with Crippen molar-refractivity contribution < 1.29 is 13.9 Å². The lowest BCUT2D eigenvalue weighted by Gasteiger charge is -2.48. The molecule has 0 N–H and O–H groups in total. The quantitative estimate of drug-likeness (QED) is 0.503. The Morgan fingerprint density at radius 3 is 2.36 bits per heavy atom. The van der Waals surface area contributed by atoms with Gasteiger partial charge in [0.2, 0.25) is 0 Å². The van der Waals surface area contributed by atoms with E-state index in [0.717, 1.165) is 13.1 Å². The zero-order valence-corrected chi connectivity index (χ0v) is 19.6. The molecule has 28 heavy (non-hydrogen) atoms. The summed E-state index contributed by atoms with van der Waals surface area (Å²) < 4.78 is 19.8. The van der Waals surface area contributed by atoms with Crippen LogP contribution in [0.25, 0.3) is 0 Å². The van der Waals surface area contributed by atoms with Crippen LogP contribution >= 0.6 is 0 Å². The number of ether oxygens (including phenoxy) is 2. The third-order valence-electron chi connectivity index (χ3n) is 6.41. The van der Waals surface area contributed by atoms with Crippen LogP contribution in [0.5, 0.6) is 0 Å². The molecule has 0 aromatic heterocycles. The molecule has 156 valence electrons. The molecule has 0 aliphatic carbocycles. The second kappa shape index (κ2) is 7.69. The van der Waals surface area contributed by atoms with Crippen molar-refractivity contribution in [3.05, 3.63) is 48.6 Å². The highest BCUT2D eigenvalue weighted by molar-refractivity contribution is 6.74. The molecule has 0 saturated carbocycles. The molecule has 0 amide bonds. The summed E-state index contributed by atoms with van der Waals surface area (Å²) in [5, 5.41) is 0.150. The van der Waals surface area contributed by atoms with Crippen LogP contribution in [0.2, 0.25) is 18.1 Å². The fraction of sp³-hybridized carbons (Fsp3) is 0.652. The molecule has 0 spiro atoms. The van der Waals surface area contributed by atoms with Gasteiger partial charge in [-0.3, -0.25) is 4.90 Å². The summed E-state index contributed by atoms with van der Waals surface area (Å²) in [5.74, 6) is -0.610. The van der Waals surface area contributed by atoms with Gasteiger partial charge in [-0.2, -0.15) is 0 Å². The number of hydrogen-bond acceptors (Lipinski definition) is 4. The predicted molar refractivity (Wildman–Crippen MR) is 117 cm³/mol. The third kappa shape index (κ3) is 4.29. The largest absolute Gasteiger partial charge is 0.410 e. The first-order valence-corrected chi connectivity index (χ1v) is 13.3. The van der Waals surface area contributed by atoms with Crippen LogP contribution in [0.15, 0.2) is 43.0 Å². The number of benzene rings is 1. The van der Waals surface area contributed by atoms with Crippen LogP contribution in [0.3, 0.4) is 0 Å². The Morgan fingerprint density at radius 2 is 1.79 bits per heavy atom. The van der Waals surface area contributed by atoms with Crippen molar-refractivity contribution in [2.75, 3.05) is 13.1 Å². The number of likely N-dealkylation sites (tertiary alicyclic amines) is 1. The Labute approximate surface area is 172 Å². The van der Waals surface area contributed by atoms with E-state index in [9.17, 15) is 0 Å². The normalized spacial score (nSPS) is 30.8. The van der Waals surface area contributed by atoms with E-state index in [1.807, 2.05) is 19.9 Å². The Morgan fingerprint density at radius 1 is 1.18 bits per heavy atom. The van der Waals surface area contributed by atoms with Crippen LogP contribution in [0.1, 0.15) is 46.2 Å². The molecule has 4 atom stereocenters. The molecule has 3 rings (SSSR count). The van der Waals surface area contributed by atoms with Crippen molar-refractivity contribution in [1.82, 2.24) is 4.90 Å². The van der Waals surface area contributed by atoms with Crippen molar-refractivity contribution >= 4 is 8.32 Å². The number of nitrogens with zero attached hydrogens (tertiary/aromatic N) is 1. The van der Waals surface area contributed by atoms with E-state index in [2.05, 4.69) is 75.7 Å². The maximum atomic E-state index is 6.87. The summed E-state index contributed by atoms with van der Waals surface area (Å²) in [6.45, 7) is 21.1. The first-order chi connectivity index (χ1) is 13.0. The molecule has 5 heteroatoms. The SMILES string of the molecule is C=CCN1C[C@@H](O[Si](C)(C)C(C)(C)C)[C@H]2OC(C)(C)O[C@H]2[C@@H]1c1ccccc1. The summed E-state index contributed by atoms with van der Waals surface area (Å²) in [4.78, 5) is 2.44. The van der Waals surface area contributed by atoms with Gasteiger partial charge in [0, 0.05) is 13.1 Å². The van der Waals surface area contributed by atoms with E-state index in [1.165, 1.54) is 5.56 Å². The lowest BCUT2D eigenvalue weighted by atomic mass is 9.89. The first kappa shape index (κ1) is 21.7. The van der Waals surface area contributed by atoms with Gasteiger partial charge in [0.05, 0.1) is 12.1 Å². The molecule has 4 nitrogen and oxygen atoms in total. The van der Waals surface area contributed by atoms with Crippen molar-refractivity contribution in [1.29, 1.82) is 0 Å². The van der Waals surface area contributed by atoms with Gasteiger partial charge in [-0.15, -0.1) is 6.58 Å². The van der Waals surface area contributed by atoms with Crippen molar-refractivity contribution in [3.63, 3.8) is 0 Å². The maximum Gasteiger partial charge on any atom is 0.192 e. The molecule has 2 saturated heterocycles. The molecule has 0 unspecified atom stereocenters. The second-order valence-corrected chi connectivity index (χ2v) is 14.8. The van der Waals surface area contributed by atoms with Crippen LogP contribution in [-0.2, 0) is 13.9 Å². The van der Waals surface area contributed by atoms with Crippen molar-refractivity contribution in [2.45, 2.75) is 82.9 Å². The van der Waals surface area contributed by atoms with Crippen molar-refractivity contribution in [3.8, 4) is 0 Å². The smallest absolute Gasteiger partial charge is 0.192 e. The summed E-state index contributed by atoms with van der Waals surface area (Å²) in [6.07, 6.45) is 1.82. The minimum absolute atomic E-state index is 0.00687. The fourth-order valence-electron chi connectivity index (χ4n) is 4.07. The van der Waals surface area contributed by atoms with Gasteiger partial charge in [0.1, 0.15) is 12.2 Å². The zero-order chi connectivity index (χ0) is 20.7. The number of rotatable bonds is 5. The molecule has 0 bridgehead atoms. The molecule has 2 heterocycles.